The molecule has 6 heteroatoms. The highest BCUT2D eigenvalue weighted by molar-refractivity contribution is 9.10. The van der Waals surface area contributed by atoms with Gasteiger partial charge in [0, 0.05) is 10.5 Å². The van der Waals surface area contributed by atoms with Gasteiger partial charge >= 0.3 is 0 Å². The van der Waals surface area contributed by atoms with Crippen LogP contribution in [0.5, 0.6) is 0 Å². The van der Waals surface area contributed by atoms with E-state index in [1.807, 2.05) is 25.4 Å². The summed E-state index contributed by atoms with van der Waals surface area (Å²) in [6.07, 6.45) is 1.83. The van der Waals surface area contributed by atoms with Gasteiger partial charge in [-0.15, -0.1) is 0 Å². The highest BCUT2D eigenvalue weighted by Crippen LogP contribution is 2.26. The first-order valence-electron chi connectivity index (χ1n) is 7.69. The molecule has 3 aromatic rings. The van der Waals surface area contributed by atoms with E-state index in [2.05, 4.69) is 73.7 Å². The lowest BCUT2D eigenvalue weighted by Gasteiger charge is -2.16. The maximum Gasteiger partial charge on any atom is 0.165 e. The van der Waals surface area contributed by atoms with Crippen molar-refractivity contribution in [3.05, 3.63) is 46.5 Å². The number of hydrogen-bond acceptors (Lipinski definition) is 4. The molecule has 0 radical (unpaired) electrons. The summed E-state index contributed by atoms with van der Waals surface area (Å²) in [6.45, 7) is 8.27. The van der Waals surface area contributed by atoms with Crippen LogP contribution in [0.3, 0.4) is 0 Å². The molecule has 2 aromatic heterocycles. The first-order chi connectivity index (χ1) is 11.0. The fraction of sp³-hybridized carbons (Fsp3) is 0.353. The van der Waals surface area contributed by atoms with Gasteiger partial charge in [-0.05, 0) is 45.4 Å². The molecule has 0 bridgehead atoms. The molecule has 0 saturated heterocycles. The Bertz CT molecular complexity index is 823. The number of benzene rings is 1. The Morgan fingerprint density at radius 3 is 2.43 bits per heavy atom. The summed E-state index contributed by atoms with van der Waals surface area (Å²) in [5, 5.41) is 3.47. The quantitative estimate of drug-likeness (QED) is 0.722. The van der Waals surface area contributed by atoms with Gasteiger partial charge in [0.1, 0.15) is 11.3 Å². The van der Waals surface area contributed by atoms with Crippen LogP contribution in [0, 0.1) is 6.92 Å². The van der Waals surface area contributed by atoms with Crippen LogP contribution in [0.4, 0.5) is 5.82 Å². The predicted octanol–water partition coefficient (Wildman–Crippen LogP) is 4.65. The Balaban J connectivity index is 1.97. The molecule has 2 heterocycles. The summed E-state index contributed by atoms with van der Waals surface area (Å²) in [7, 11) is 0. The van der Waals surface area contributed by atoms with Crippen molar-refractivity contribution in [3.8, 4) is 0 Å². The van der Waals surface area contributed by atoms with Crippen LogP contribution < -0.4 is 5.32 Å². The summed E-state index contributed by atoms with van der Waals surface area (Å²) in [6, 6.07) is 8.72. The zero-order valence-corrected chi connectivity index (χ0v) is 15.3. The third-order valence-corrected chi connectivity index (χ3v) is 4.34. The van der Waals surface area contributed by atoms with Gasteiger partial charge in [-0.2, -0.15) is 0 Å². The predicted molar refractivity (Wildman–Crippen MR) is 96.6 cm³/mol. The van der Waals surface area contributed by atoms with E-state index in [0.717, 1.165) is 27.3 Å². The largest absolute Gasteiger partial charge is 0.362 e. The second-order valence-corrected chi connectivity index (χ2v) is 6.87. The lowest BCUT2D eigenvalue weighted by Crippen LogP contribution is -2.10. The van der Waals surface area contributed by atoms with Gasteiger partial charge in [0.25, 0.3) is 0 Å². The summed E-state index contributed by atoms with van der Waals surface area (Å²) in [5.74, 6) is 1.52. The van der Waals surface area contributed by atoms with E-state index in [9.17, 15) is 0 Å². The fourth-order valence-electron chi connectivity index (χ4n) is 2.54. The van der Waals surface area contributed by atoms with E-state index < -0.39 is 0 Å². The first-order valence-corrected chi connectivity index (χ1v) is 8.48. The van der Waals surface area contributed by atoms with Crippen molar-refractivity contribution in [2.75, 3.05) is 5.32 Å². The number of aromatic nitrogens is 4. The van der Waals surface area contributed by atoms with Gasteiger partial charge in [-0.1, -0.05) is 28.1 Å². The van der Waals surface area contributed by atoms with Crippen molar-refractivity contribution in [3.63, 3.8) is 0 Å². The number of fused-ring (bicyclic) bond motifs is 1. The number of imidazole rings is 1. The Morgan fingerprint density at radius 2 is 1.78 bits per heavy atom. The smallest absolute Gasteiger partial charge is 0.165 e. The molecule has 3 rings (SSSR count). The molecule has 0 aliphatic rings. The Morgan fingerprint density at radius 1 is 1.09 bits per heavy atom. The van der Waals surface area contributed by atoms with Gasteiger partial charge in [0.15, 0.2) is 11.5 Å². The molecule has 0 aliphatic heterocycles. The van der Waals surface area contributed by atoms with Crippen LogP contribution in [0.1, 0.15) is 44.2 Å². The number of nitrogens with zero attached hydrogens (tertiary/aromatic N) is 4. The van der Waals surface area contributed by atoms with Crippen molar-refractivity contribution in [1.29, 1.82) is 0 Å². The number of aryl methyl sites for hydroxylation is 1. The summed E-state index contributed by atoms with van der Waals surface area (Å²) in [5.41, 5.74) is 2.88. The highest BCUT2D eigenvalue weighted by Gasteiger charge is 2.15. The number of hydrogen-bond donors (Lipinski definition) is 1. The Hall–Kier alpha value is -1.95. The van der Waals surface area contributed by atoms with E-state index in [1.165, 1.54) is 5.56 Å². The molecule has 0 saturated carbocycles. The molecule has 0 spiro atoms. The fourth-order valence-corrected chi connectivity index (χ4v) is 2.81. The van der Waals surface area contributed by atoms with Crippen LogP contribution in [0.25, 0.3) is 11.2 Å². The van der Waals surface area contributed by atoms with Crippen LogP contribution in [0.2, 0.25) is 0 Å². The van der Waals surface area contributed by atoms with Crippen LogP contribution in [0.15, 0.2) is 35.1 Å². The second-order valence-electron chi connectivity index (χ2n) is 5.95. The highest BCUT2D eigenvalue weighted by atomic mass is 79.9. The lowest BCUT2D eigenvalue weighted by atomic mass is 10.1. The van der Waals surface area contributed by atoms with E-state index in [1.54, 1.807) is 0 Å². The molecule has 23 heavy (non-hydrogen) atoms. The summed E-state index contributed by atoms with van der Waals surface area (Å²) < 4.78 is 3.14. The molecule has 1 aromatic carbocycles. The van der Waals surface area contributed by atoms with Crippen LogP contribution >= 0.6 is 15.9 Å². The second kappa shape index (κ2) is 6.28. The van der Waals surface area contributed by atoms with Crippen molar-refractivity contribution < 1.29 is 0 Å². The third-order valence-electron chi connectivity index (χ3n) is 3.81. The van der Waals surface area contributed by atoms with Crippen molar-refractivity contribution in [2.45, 2.75) is 39.8 Å². The lowest BCUT2D eigenvalue weighted by molar-refractivity contribution is 0.612. The van der Waals surface area contributed by atoms with Crippen molar-refractivity contribution in [2.24, 2.45) is 0 Å². The molecule has 5 nitrogen and oxygen atoms in total. The molecular weight excluding hydrogens is 354 g/mol. The van der Waals surface area contributed by atoms with Crippen LogP contribution in [-0.4, -0.2) is 19.5 Å². The van der Waals surface area contributed by atoms with Crippen LogP contribution in [-0.2, 0) is 0 Å². The standard InChI is InChI=1S/C17H20BrN5/c1-10(2)23-9-19-15-16(21-12(4)22-17(15)23)20-11(3)13-5-7-14(18)8-6-13/h5-11H,1-4H3,(H,20,21,22). The van der Waals surface area contributed by atoms with Gasteiger partial charge in [0.2, 0.25) is 0 Å². The summed E-state index contributed by atoms with van der Waals surface area (Å²) >= 11 is 3.47. The van der Waals surface area contributed by atoms with Gasteiger partial charge < -0.3 is 9.88 Å². The van der Waals surface area contributed by atoms with Gasteiger partial charge in [-0.25, -0.2) is 15.0 Å². The van der Waals surface area contributed by atoms with Crippen molar-refractivity contribution >= 4 is 32.9 Å². The van der Waals surface area contributed by atoms with E-state index >= 15 is 0 Å². The maximum atomic E-state index is 4.55. The topological polar surface area (TPSA) is 55.6 Å². The minimum absolute atomic E-state index is 0.129. The third kappa shape index (κ3) is 3.22. The summed E-state index contributed by atoms with van der Waals surface area (Å²) in [4.78, 5) is 13.6. The minimum atomic E-state index is 0.129. The van der Waals surface area contributed by atoms with E-state index in [4.69, 9.17) is 0 Å². The van der Waals surface area contributed by atoms with E-state index in [0.29, 0.717) is 6.04 Å². The molecular formula is C17H20BrN5. The maximum absolute atomic E-state index is 4.55. The average Bonchev–Trinajstić information content (AvgIpc) is 2.91. The molecule has 120 valence electrons. The number of anilines is 1. The molecule has 1 atom stereocenters. The normalized spacial score (nSPS) is 12.8. The Labute approximate surface area is 144 Å². The molecule has 0 amide bonds. The zero-order chi connectivity index (χ0) is 16.6. The minimum Gasteiger partial charge on any atom is -0.362 e. The number of halogens is 1. The SMILES string of the molecule is Cc1nc(NC(C)c2ccc(Br)cc2)c2ncn(C(C)C)c2n1. The van der Waals surface area contributed by atoms with Gasteiger partial charge in [-0.3, -0.25) is 0 Å². The average molecular weight is 374 g/mol. The molecule has 0 aliphatic carbocycles. The van der Waals surface area contributed by atoms with Crippen molar-refractivity contribution in [1.82, 2.24) is 19.5 Å². The Kier molecular flexibility index (Phi) is 4.35. The molecule has 1 N–H and O–H groups in total. The number of rotatable bonds is 4. The zero-order valence-electron chi connectivity index (χ0n) is 13.7. The number of nitrogens with one attached hydrogen (secondary N) is 1. The first kappa shape index (κ1) is 15.9. The van der Waals surface area contributed by atoms with Gasteiger partial charge in [0.05, 0.1) is 12.4 Å². The molecule has 0 fully saturated rings. The van der Waals surface area contributed by atoms with E-state index in [-0.39, 0.29) is 6.04 Å². The monoisotopic (exact) mass is 373 g/mol. The molecule has 1 unspecified atom stereocenters.